The van der Waals surface area contributed by atoms with Crippen molar-refractivity contribution in [3.63, 3.8) is 0 Å². The summed E-state index contributed by atoms with van der Waals surface area (Å²) in [5.74, 6) is -1.34. The Kier molecular flexibility index (Phi) is 10.9. The fourth-order valence-corrected chi connectivity index (χ4v) is 6.52. The molecule has 44 heavy (non-hydrogen) atoms. The quantitative estimate of drug-likeness (QED) is 0.210. The molecule has 8 nitrogen and oxygen atoms in total. The lowest BCUT2D eigenvalue weighted by Gasteiger charge is -2.34. The van der Waals surface area contributed by atoms with E-state index in [9.17, 15) is 22.4 Å². The molecule has 0 saturated heterocycles. The number of methoxy groups -OCH3 is 1. The average molecular weight is 659 g/mol. The molecule has 0 aromatic heterocycles. The highest BCUT2D eigenvalue weighted by Crippen LogP contribution is 2.29. The van der Waals surface area contributed by atoms with Gasteiger partial charge in [-0.15, -0.1) is 0 Å². The van der Waals surface area contributed by atoms with E-state index in [1.165, 1.54) is 55.5 Å². The van der Waals surface area contributed by atoms with Crippen LogP contribution in [0.1, 0.15) is 11.1 Å². The molecule has 230 valence electrons. The van der Waals surface area contributed by atoms with Crippen LogP contribution in [0.2, 0.25) is 10.0 Å². The topological polar surface area (TPSA) is 96.0 Å². The van der Waals surface area contributed by atoms with Gasteiger partial charge >= 0.3 is 0 Å². The molecule has 4 rings (SSSR count). The van der Waals surface area contributed by atoms with E-state index in [1.54, 1.807) is 18.2 Å². The number of hydrogen-bond acceptors (Lipinski definition) is 5. The largest absolute Gasteiger partial charge is 0.497 e. The van der Waals surface area contributed by atoms with Gasteiger partial charge in [0.25, 0.3) is 10.0 Å². The number of halogens is 3. The molecule has 0 aliphatic heterocycles. The minimum atomic E-state index is -4.36. The van der Waals surface area contributed by atoms with Crippen molar-refractivity contribution in [3.8, 4) is 5.75 Å². The third kappa shape index (κ3) is 7.68. The molecule has 1 atom stereocenters. The molecule has 0 radical (unpaired) electrons. The number of ether oxygens (including phenoxy) is 1. The fourth-order valence-electron chi connectivity index (χ4n) is 4.59. The molecule has 0 spiro atoms. The number of amides is 2. The number of hydrogen-bond donors (Lipinski definition) is 1. The van der Waals surface area contributed by atoms with Crippen LogP contribution in [0.5, 0.6) is 5.75 Å². The zero-order valence-electron chi connectivity index (χ0n) is 23.9. The summed E-state index contributed by atoms with van der Waals surface area (Å²) in [6, 6.07) is 23.3. The van der Waals surface area contributed by atoms with Crippen LogP contribution >= 0.6 is 23.2 Å². The number of anilines is 1. The Morgan fingerprint density at radius 1 is 0.886 bits per heavy atom. The molecular weight excluding hydrogens is 628 g/mol. The Bertz CT molecular complexity index is 1690. The van der Waals surface area contributed by atoms with Crippen LogP contribution in [0, 0.1) is 5.82 Å². The van der Waals surface area contributed by atoms with Crippen LogP contribution in [-0.2, 0) is 32.6 Å². The number of likely N-dealkylation sites (N-methyl/N-ethyl adjacent to an activating group) is 1. The molecule has 1 N–H and O–H groups in total. The maximum Gasteiger partial charge on any atom is 0.264 e. The summed E-state index contributed by atoms with van der Waals surface area (Å²) >= 11 is 13.0. The molecule has 1 unspecified atom stereocenters. The molecule has 0 fully saturated rings. The second-order valence-corrected chi connectivity index (χ2v) is 12.4. The van der Waals surface area contributed by atoms with Gasteiger partial charge in [0.15, 0.2) is 0 Å². The summed E-state index contributed by atoms with van der Waals surface area (Å²) in [5.41, 5.74) is 1.20. The minimum Gasteiger partial charge on any atom is -0.497 e. The molecule has 12 heteroatoms. The van der Waals surface area contributed by atoms with Crippen LogP contribution in [0.15, 0.2) is 102 Å². The van der Waals surface area contributed by atoms with Crippen LogP contribution in [0.25, 0.3) is 0 Å². The zero-order chi connectivity index (χ0) is 31.9. The lowest BCUT2D eigenvalue weighted by atomic mass is 10.0. The molecule has 4 aromatic carbocycles. The first-order chi connectivity index (χ1) is 21.0. The second-order valence-electron chi connectivity index (χ2n) is 9.71. The van der Waals surface area contributed by atoms with Crippen LogP contribution in [0.4, 0.5) is 10.1 Å². The summed E-state index contributed by atoms with van der Waals surface area (Å²) in [5, 5.41) is 3.15. The summed E-state index contributed by atoms with van der Waals surface area (Å²) in [4.78, 5) is 28.8. The Morgan fingerprint density at radius 3 is 2.07 bits per heavy atom. The molecule has 0 bridgehead atoms. The smallest absolute Gasteiger partial charge is 0.264 e. The van der Waals surface area contributed by atoms with E-state index in [2.05, 4.69) is 5.32 Å². The van der Waals surface area contributed by atoms with E-state index in [0.29, 0.717) is 11.3 Å². The van der Waals surface area contributed by atoms with E-state index >= 15 is 0 Å². The van der Waals surface area contributed by atoms with E-state index in [-0.39, 0.29) is 33.6 Å². The highest BCUT2D eigenvalue weighted by Gasteiger charge is 2.35. The van der Waals surface area contributed by atoms with E-state index < -0.39 is 40.2 Å². The number of benzene rings is 4. The van der Waals surface area contributed by atoms with Crippen LogP contribution in [0.3, 0.4) is 0 Å². The van der Waals surface area contributed by atoms with Crippen molar-refractivity contribution in [1.82, 2.24) is 10.2 Å². The maximum absolute atomic E-state index is 14.3. The van der Waals surface area contributed by atoms with E-state index in [0.717, 1.165) is 22.0 Å². The van der Waals surface area contributed by atoms with Gasteiger partial charge in [-0.25, -0.2) is 12.8 Å². The standard InChI is InChI=1S/C32H30Cl2FN3O5S/c1-36-32(40)30(19-22-7-4-3-5-8-22)37(20-27-28(33)9-6-10-29(27)34)31(39)21-38(24-13-11-23(35)12-14-24)44(41,42)26-17-15-25(43-2)16-18-26/h3-18,30H,19-21H2,1-2H3,(H,36,40). The second kappa shape index (κ2) is 14.6. The monoisotopic (exact) mass is 657 g/mol. The van der Waals surface area contributed by atoms with Crippen molar-refractivity contribution in [2.75, 3.05) is 25.0 Å². The normalized spacial score (nSPS) is 11.8. The third-order valence-electron chi connectivity index (χ3n) is 6.95. The maximum atomic E-state index is 14.3. The number of rotatable bonds is 12. The highest BCUT2D eigenvalue weighted by molar-refractivity contribution is 7.92. The highest BCUT2D eigenvalue weighted by atomic mass is 35.5. The molecule has 0 aliphatic carbocycles. The van der Waals surface area contributed by atoms with Gasteiger partial charge in [0.1, 0.15) is 24.2 Å². The zero-order valence-corrected chi connectivity index (χ0v) is 26.2. The summed E-state index contributed by atoms with van der Waals surface area (Å²) < 4.78 is 47.9. The third-order valence-corrected chi connectivity index (χ3v) is 9.44. The minimum absolute atomic E-state index is 0.0471. The predicted molar refractivity (Wildman–Crippen MR) is 169 cm³/mol. The van der Waals surface area contributed by atoms with Gasteiger partial charge in [0, 0.05) is 35.6 Å². The van der Waals surface area contributed by atoms with E-state index in [1.807, 2.05) is 30.3 Å². The van der Waals surface area contributed by atoms with Gasteiger partial charge in [-0.1, -0.05) is 59.6 Å². The lowest BCUT2D eigenvalue weighted by Crippen LogP contribution is -2.53. The average Bonchev–Trinajstić information content (AvgIpc) is 3.03. The SMILES string of the molecule is CNC(=O)C(Cc1ccccc1)N(Cc1c(Cl)cccc1Cl)C(=O)CN(c1ccc(F)cc1)S(=O)(=O)c1ccc(OC)cc1. The summed E-state index contributed by atoms with van der Waals surface area (Å²) in [7, 11) is -1.47. The van der Waals surface area contributed by atoms with Gasteiger partial charge < -0.3 is 15.0 Å². The lowest BCUT2D eigenvalue weighted by molar-refractivity contribution is -0.139. The first-order valence-corrected chi connectivity index (χ1v) is 15.6. The van der Waals surface area contributed by atoms with Gasteiger partial charge in [0.2, 0.25) is 11.8 Å². The molecular formula is C32H30Cl2FN3O5S. The van der Waals surface area contributed by atoms with Gasteiger partial charge in [-0.2, -0.15) is 0 Å². The van der Waals surface area contributed by atoms with Crippen molar-refractivity contribution in [2.45, 2.75) is 23.9 Å². The van der Waals surface area contributed by atoms with Gasteiger partial charge in [-0.3, -0.25) is 13.9 Å². The van der Waals surface area contributed by atoms with Gasteiger partial charge in [-0.05, 0) is 66.2 Å². The number of nitrogens with one attached hydrogen (secondary N) is 1. The van der Waals surface area contributed by atoms with Crippen molar-refractivity contribution in [1.29, 1.82) is 0 Å². The van der Waals surface area contributed by atoms with Crippen molar-refractivity contribution in [3.05, 3.63) is 124 Å². The van der Waals surface area contributed by atoms with Gasteiger partial charge in [0.05, 0.1) is 17.7 Å². The number of carbonyl (C=O) groups excluding carboxylic acids is 2. The Hall–Kier alpha value is -4.12. The first kappa shape index (κ1) is 32.8. The molecule has 4 aromatic rings. The molecule has 2 amide bonds. The molecule has 0 heterocycles. The Labute approximate surface area is 266 Å². The van der Waals surface area contributed by atoms with E-state index in [4.69, 9.17) is 27.9 Å². The van der Waals surface area contributed by atoms with Crippen LogP contribution in [-0.4, -0.2) is 51.9 Å². The first-order valence-electron chi connectivity index (χ1n) is 13.5. The van der Waals surface area contributed by atoms with Crippen molar-refractivity contribution >= 4 is 50.7 Å². The van der Waals surface area contributed by atoms with Crippen LogP contribution < -0.4 is 14.4 Å². The van der Waals surface area contributed by atoms with Crippen molar-refractivity contribution < 1.29 is 27.1 Å². The Morgan fingerprint density at radius 2 is 1.50 bits per heavy atom. The number of sulfonamides is 1. The molecule has 0 aliphatic rings. The number of carbonyl (C=O) groups is 2. The molecule has 0 saturated carbocycles. The summed E-state index contributed by atoms with van der Waals surface area (Å²) in [6.45, 7) is -0.910. The Balaban J connectivity index is 1.81. The predicted octanol–water partition coefficient (Wildman–Crippen LogP) is 5.72. The number of nitrogens with zero attached hydrogens (tertiary/aromatic N) is 2. The van der Waals surface area contributed by atoms with Crippen molar-refractivity contribution in [2.24, 2.45) is 0 Å². The fraction of sp³-hybridized carbons (Fsp3) is 0.188. The summed E-state index contributed by atoms with van der Waals surface area (Å²) in [6.07, 6.45) is 0.121.